The Hall–Kier alpha value is -5.28. The first-order chi connectivity index (χ1) is 31.0. The van der Waals surface area contributed by atoms with Gasteiger partial charge in [0.25, 0.3) is 11.8 Å². The standard InChI is InChI=1S/C50H54Br2N8O4/c1-32-28-45(59-22-18-38(19-23-59)58-20-4-5-21-58)55-43-16-10-36(30-41(32)43)53-49(61)47(63-39-12-6-34(51)7-13-39)48(64-40-14-8-35(52)9-15-40)50(62)54-37-11-17-44-42(31-37)33(2)29-46(56-44)60-26-24-57(3)25-27-60/h6-17,28-31,38,47-48H,4-5,18-27H2,1-3H3,(H,53,61)(H,54,62). The largest absolute Gasteiger partial charge is 0.476 e. The fraction of sp³-hybridized carbons (Fsp3) is 0.360. The first-order valence-electron chi connectivity index (χ1n) is 22.2. The van der Waals surface area contributed by atoms with Crippen LogP contribution in [0.4, 0.5) is 23.0 Å². The minimum absolute atomic E-state index is 0.388. The van der Waals surface area contributed by atoms with Gasteiger partial charge in [0.05, 0.1) is 11.0 Å². The van der Waals surface area contributed by atoms with Crippen LogP contribution in [-0.4, -0.2) is 109 Å². The van der Waals surface area contributed by atoms with Gasteiger partial charge in [0, 0.05) is 76.4 Å². The van der Waals surface area contributed by atoms with Crippen molar-refractivity contribution in [3.05, 3.63) is 117 Å². The summed E-state index contributed by atoms with van der Waals surface area (Å²) in [6.45, 7) is 12.4. The van der Waals surface area contributed by atoms with Crippen molar-refractivity contribution in [1.29, 1.82) is 0 Å². The molecule has 0 aliphatic carbocycles. The number of anilines is 4. The third-order valence-corrected chi connectivity index (χ3v) is 13.8. The van der Waals surface area contributed by atoms with E-state index in [9.17, 15) is 9.59 Å². The summed E-state index contributed by atoms with van der Waals surface area (Å²) in [6, 6.07) is 30.5. The summed E-state index contributed by atoms with van der Waals surface area (Å²) in [5.74, 6) is 1.59. The SMILES string of the molecule is Cc1cc(N2CCC(N3CCCC3)CC2)nc2ccc(NC(=O)C(Oc3ccc(Br)cc3)C(Oc3ccc(Br)cc3)C(=O)Nc3ccc4nc(N5CCN(C)CC5)cc(C)c4c3)cc12. The number of aryl methyl sites for hydroxylation is 2. The summed E-state index contributed by atoms with van der Waals surface area (Å²) in [7, 11) is 2.14. The van der Waals surface area contributed by atoms with Gasteiger partial charge < -0.3 is 39.7 Å². The number of nitrogens with zero attached hydrogens (tertiary/aromatic N) is 6. The number of aromatic nitrogens is 2. The average molecular weight is 991 g/mol. The summed E-state index contributed by atoms with van der Waals surface area (Å²) >= 11 is 6.99. The highest BCUT2D eigenvalue weighted by atomic mass is 79.9. The van der Waals surface area contributed by atoms with Crippen LogP contribution in [0.1, 0.15) is 36.8 Å². The van der Waals surface area contributed by atoms with E-state index >= 15 is 0 Å². The van der Waals surface area contributed by atoms with E-state index in [-0.39, 0.29) is 0 Å². The van der Waals surface area contributed by atoms with Crippen molar-refractivity contribution in [2.75, 3.05) is 79.8 Å². The van der Waals surface area contributed by atoms with Crippen LogP contribution < -0.4 is 29.9 Å². The Morgan fingerprint density at radius 3 is 1.48 bits per heavy atom. The van der Waals surface area contributed by atoms with Crippen LogP contribution >= 0.6 is 31.9 Å². The van der Waals surface area contributed by atoms with Gasteiger partial charge in [0.1, 0.15) is 23.1 Å². The molecule has 2 N–H and O–H groups in total. The molecular weight excluding hydrogens is 936 g/mol. The smallest absolute Gasteiger partial charge is 0.269 e. The monoisotopic (exact) mass is 988 g/mol. The van der Waals surface area contributed by atoms with Crippen LogP contribution in [0.25, 0.3) is 21.8 Å². The second-order valence-electron chi connectivity index (χ2n) is 17.3. The lowest BCUT2D eigenvalue weighted by Gasteiger charge is -2.37. The number of pyridine rings is 2. The van der Waals surface area contributed by atoms with E-state index in [1.54, 1.807) is 24.3 Å². The molecule has 14 heteroatoms. The normalized spacial score (nSPS) is 17.4. The van der Waals surface area contributed by atoms with Crippen molar-refractivity contribution in [3.8, 4) is 11.5 Å². The van der Waals surface area contributed by atoms with Gasteiger partial charge in [-0.3, -0.25) is 9.59 Å². The molecule has 2 unspecified atom stereocenters. The zero-order chi connectivity index (χ0) is 44.3. The van der Waals surface area contributed by atoms with E-state index < -0.39 is 24.0 Å². The predicted octanol–water partition coefficient (Wildman–Crippen LogP) is 9.21. The Morgan fingerprint density at radius 1 is 0.594 bits per heavy atom. The second kappa shape index (κ2) is 19.4. The third-order valence-electron chi connectivity index (χ3n) is 12.8. The lowest BCUT2D eigenvalue weighted by molar-refractivity contribution is -0.136. The molecule has 0 bridgehead atoms. The number of halogens is 2. The topological polar surface area (TPSA) is 115 Å². The van der Waals surface area contributed by atoms with Crippen molar-refractivity contribution < 1.29 is 19.1 Å². The number of ether oxygens (including phenoxy) is 2. The Labute approximate surface area is 391 Å². The second-order valence-corrected chi connectivity index (χ2v) is 19.1. The molecule has 4 aromatic carbocycles. The zero-order valence-corrected chi connectivity index (χ0v) is 39.7. The van der Waals surface area contributed by atoms with Crippen LogP contribution in [0.3, 0.4) is 0 Å². The Balaban J connectivity index is 0.983. The van der Waals surface area contributed by atoms with Gasteiger partial charge in [-0.2, -0.15) is 0 Å². The van der Waals surface area contributed by atoms with Crippen molar-refractivity contribution in [2.45, 2.75) is 57.8 Å². The van der Waals surface area contributed by atoms with E-state index in [0.29, 0.717) is 28.9 Å². The number of carbonyl (C=O) groups excluding carboxylic acids is 2. The first kappa shape index (κ1) is 43.9. The number of piperazine rings is 1. The van der Waals surface area contributed by atoms with E-state index in [4.69, 9.17) is 19.4 Å². The summed E-state index contributed by atoms with van der Waals surface area (Å²) < 4.78 is 14.6. The Bertz CT molecular complexity index is 2630. The van der Waals surface area contributed by atoms with Gasteiger partial charge in [-0.05, 0) is 168 Å². The number of likely N-dealkylation sites (N-methyl/N-ethyl adjacent to an activating group) is 1. The summed E-state index contributed by atoms with van der Waals surface area (Å²) in [5, 5.41) is 7.96. The van der Waals surface area contributed by atoms with Crippen LogP contribution in [0.2, 0.25) is 0 Å². The molecule has 2 atom stereocenters. The lowest BCUT2D eigenvalue weighted by atomic mass is 10.0. The minimum atomic E-state index is -1.43. The molecular formula is C50H54Br2N8O4. The van der Waals surface area contributed by atoms with Crippen LogP contribution in [0.5, 0.6) is 11.5 Å². The van der Waals surface area contributed by atoms with Crippen LogP contribution in [0.15, 0.2) is 106 Å². The summed E-state index contributed by atoms with van der Waals surface area (Å²) in [5.41, 5.74) is 4.87. The minimum Gasteiger partial charge on any atom is -0.476 e. The number of hydrogen-bond donors (Lipinski definition) is 2. The maximum Gasteiger partial charge on any atom is 0.269 e. The highest BCUT2D eigenvalue weighted by Gasteiger charge is 2.39. The molecule has 3 aliphatic rings. The molecule has 64 heavy (non-hydrogen) atoms. The number of fused-ring (bicyclic) bond motifs is 2. The van der Waals surface area contributed by atoms with Gasteiger partial charge >= 0.3 is 0 Å². The van der Waals surface area contributed by atoms with Gasteiger partial charge in [0.15, 0.2) is 0 Å². The molecule has 0 spiro atoms. The molecule has 2 aromatic heterocycles. The fourth-order valence-corrected chi connectivity index (χ4v) is 9.62. The molecule has 332 valence electrons. The average Bonchev–Trinajstić information content (AvgIpc) is 3.85. The molecule has 0 saturated carbocycles. The zero-order valence-electron chi connectivity index (χ0n) is 36.5. The summed E-state index contributed by atoms with van der Waals surface area (Å²) in [6.07, 6.45) is 2.06. The van der Waals surface area contributed by atoms with E-state index in [1.807, 2.05) is 60.7 Å². The number of piperidine rings is 1. The highest BCUT2D eigenvalue weighted by Crippen LogP contribution is 2.31. The molecule has 9 rings (SSSR count). The number of carbonyl (C=O) groups is 2. The fourth-order valence-electron chi connectivity index (χ4n) is 9.09. The lowest BCUT2D eigenvalue weighted by Crippen LogP contribution is -2.51. The predicted molar refractivity (Wildman–Crippen MR) is 263 cm³/mol. The number of hydrogen-bond acceptors (Lipinski definition) is 10. The van der Waals surface area contributed by atoms with Crippen LogP contribution in [-0.2, 0) is 9.59 Å². The molecule has 2 amide bonds. The first-order valence-corrected chi connectivity index (χ1v) is 23.8. The molecule has 0 radical (unpaired) electrons. The Morgan fingerprint density at radius 2 is 1.03 bits per heavy atom. The van der Waals surface area contributed by atoms with Crippen molar-refractivity contribution in [1.82, 2.24) is 19.8 Å². The molecule has 3 aliphatic heterocycles. The van der Waals surface area contributed by atoms with Crippen molar-refractivity contribution in [2.24, 2.45) is 0 Å². The van der Waals surface area contributed by atoms with Gasteiger partial charge in [-0.25, -0.2) is 9.97 Å². The van der Waals surface area contributed by atoms with E-state index in [2.05, 4.69) is 95.1 Å². The van der Waals surface area contributed by atoms with Crippen LogP contribution in [0, 0.1) is 13.8 Å². The third kappa shape index (κ3) is 10.1. The van der Waals surface area contributed by atoms with Crippen molar-refractivity contribution in [3.63, 3.8) is 0 Å². The number of likely N-dealkylation sites (tertiary alicyclic amines) is 1. The van der Waals surface area contributed by atoms with E-state index in [1.165, 1.54) is 25.9 Å². The molecule has 5 heterocycles. The quantitative estimate of drug-likeness (QED) is 0.123. The Kier molecular flexibility index (Phi) is 13.4. The number of amides is 2. The maximum absolute atomic E-state index is 14.7. The maximum atomic E-state index is 14.7. The van der Waals surface area contributed by atoms with Gasteiger partial charge in [0.2, 0.25) is 12.2 Å². The van der Waals surface area contributed by atoms with Gasteiger partial charge in [-0.15, -0.1) is 0 Å². The molecule has 3 saturated heterocycles. The van der Waals surface area contributed by atoms with Gasteiger partial charge in [-0.1, -0.05) is 31.9 Å². The number of benzene rings is 4. The highest BCUT2D eigenvalue weighted by molar-refractivity contribution is 9.10. The van der Waals surface area contributed by atoms with E-state index in [0.717, 1.165) is 106 Å². The van der Waals surface area contributed by atoms with Crippen molar-refractivity contribution >= 4 is 88.5 Å². The summed E-state index contributed by atoms with van der Waals surface area (Å²) in [4.78, 5) is 49.1. The number of rotatable bonds is 12. The molecule has 3 fully saturated rings. The number of nitrogens with one attached hydrogen (secondary N) is 2. The molecule has 12 nitrogen and oxygen atoms in total. The molecule has 6 aromatic rings.